The summed E-state index contributed by atoms with van der Waals surface area (Å²) in [6, 6.07) is 0. The number of allylic oxidation sites excluding steroid dienone is 1. The monoisotopic (exact) mass is 294 g/mol. The molecular formula is C19H38N2. The molecule has 21 heavy (non-hydrogen) atoms. The van der Waals surface area contributed by atoms with Gasteiger partial charge in [0.1, 0.15) is 0 Å². The number of nitrogens with zero attached hydrogens (tertiary/aromatic N) is 2. The molecule has 0 aromatic heterocycles. The molecule has 0 spiro atoms. The highest BCUT2D eigenvalue weighted by Gasteiger charge is 2.28. The first kappa shape index (κ1) is 18.7. The van der Waals surface area contributed by atoms with E-state index in [1.54, 1.807) is 11.1 Å². The zero-order valence-corrected chi connectivity index (χ0v) is 15.5. The van der Waals surface area contributed by atoms with E-state index in [0.717, 1.165) is 0 Å². The third kappa shape index (κ3) is 5.75. The van der Waals surface area contributed by atoms with E-state index in [1.807, 2.05) is 0 Å². The largest absolute Gasteiger partial charge is 0.303 e. The quantitative estimate of drug-likeness (QED) is 0.575. The number of hydrogen-bond donors (Lipinski definition) is 0. The Labute approximate surface area is 133 Å². The highest BCUT2D eigenvalue weighted by molar-refractivity contribution is 5.22. The summed E-state index contributed by atoms with van der Waals surface area (Å²) in [4.78, 5) is 5.15. The van der Waals surface area contributed by atoms with Gasteiger partial charge in [-0.25, -0.2) is 0 Å². The van der Waals surface area contributed by atoms with Crippen molar-refractivity contribution in [3.63, 3.8) is 0 Å². The van der Waals surface area contributed by atoms with E-state index in [4.69, 9.17) is 0 Å². The van der Waals surface area contributed by atoms with Crippen molar-refractivity contribution in [1.29, 1.82) is 0 Å². The molecule has 1 rings (SSSR count). The Morgan fingerprint density at radius 3 is 2.00 bits per heavy atom. The Balaban J connectivity index is 2.51. The second-order valence-corrected chi connectivity index (χ2v) is 7.21. The van der Waals surface area contributed by atoms with Gasteiger partial charge in [-0.1, -0.05) is 45.8 Å². The van der Waals surface area contributed by atoms with Crippen LogP contribution in [0.4, 0.5) is 0 Å². The second kappa shape index (κ2) is 8.95. The van der Waals surface area contributed by atoms with E-state index in [1.165, 1.54) is 65.0 Å². The van der Waals surface area contributed by atoms with Gasteiger partial charge in [-0.2, -0.15) is 0 Å². The Kier molecular flexibility index (Phi) is 7.97. The van der Waals surface area contributed by atoms with Gasteiger partial charge < -0.3 is 9.80 Å². The summed E-state index contributed by atoms with van der Waals surface area (Å²) in [6.07, 6.45) is 5.34. The van der Waals surface area contributed by atoms with Gasteiger partial charge in [0.05, 0.1) is 0 Å². The maximum atomic E-state index is 2.63. The summed E-state index contributed by atoms with van der Waals surface area (Å²) < 4.78 is 0. The molecule has 0 aromatic rings. The topological polar surface area (TPSA) is 6.48 Å². The molecule has 124 valence electrons. The van der Waals surface area contributed by atoms with Gasteiger partial charge in [0.25, 0.3) is 0 Å². The molecule has 0 fully saturated rings. The fraction of sp³-hybridized carbons (Fsp3) is 0.895. The van der Waals surface area contributed by atoms with Crippen LogP contribution in [0.1, 0.15) is 67.2 Å². The van der Waals surface area contributed by atoms with E-state index >= 15 is 0 Å². The minimum Gasteiger partial charge on any atom is -0.303 e. The zero-order chi connectivity index (χ0) is 15.9. The van der Waals surface area contributed by atoms with Crippen LogP contribution in [0, 0.1) is 5.41 Å². The lowest BCUT2D eigenvalue weighted by atomic mass is 9.71. The molecule has 0 saturated carbocycles. The first-order valence-corrected chi connectivity index (χ1v) is 9.08. The van der Waals surface area contributed by atoms with E-state index in [-0.39, 0.29) is 0 Å². The van der Waals surface area contributed by atoms with Gasteiger partial charge in [0, 0.05) is 19.6 Å². The first-order chi connectivity index (χ1) is 9.94. The van der Waals surface area contributed by atoms with Crippen LogP contribution in [0.5, 0.6) is 0 Å². The van der Waals surface area contributed by atoms with Gasteiger partial charge in [-0.3, -0.25) is 0 Å². The predicted octanol–water partition coefficient (Wildman–Crippen LogP) is 4.57. The van der Waals surface area contributed by atoms with Crippen LogP contribution in [0.25, 0.3) is 0 Å². The number of hydrogen-bond acceptors (Lipinski definition) is 2. The molecule has 2 heteroatoms. The molecule has 0 N–H and O–H groups in total. The molecule has 0 amide bonds. The molecule has 0 atom stereocenters. The van der Waals surface area contributed by atoms with Crippen molar-refractivity contribution >= 4 is 0 Å². The highest BCUT2D eigenvalue weighted by atomic mass is 15.2. The molecule has 0 saturated heterocycles. The van der Waals surface area contributed by atoms with Crippen molar-refractivity contribution in [2.45, 2.75) is 67.2 Å². The fourth-order valence-electron chi connectivity index (χ4n) is 3.75. The summed E-state index contributed by atoms with van der Waals surface area (Å²) in [7, 11) is 0. The third-order valence-electron chi connectivity index (χ3n) is 5.44. The van der Waals surface area contributed by atoms with Gasteiger partial charge in [-0.15, -0.1) is 0 Å². The first-order valence-electron chi connectivity index (χ1n) is 9.08. The normalized spacial score (nSPS) is 18.9. The van der Waals surface area contributed by atoms with Crippen molar-refractivity contribution in [1.82, 2.24) is 9.80 Å². The third-order valence-corrected chi connectivity index (χ3v) is 5.44. The Morgan fingerprint density at radius 2 is 1.48 bits per heavy atom. The highest BCUT2D eigenvalue weighted by Crippen LogP contribution is 2.41. The summed E-state index contributed by atoms with van der Waals surface area (Å²) in [5.74, 6) is 0. The second-order valence-electron chi connectivity index (χ2n) is 7.21. The molecule has 0 aromatic carbocycles. The van der Waals surface area contributed by atoms with Gasteiger partial charge in [0.2, 0.25) is 0 Å². The summed E-state index contributed by atoms with van der Waals surface area (Å²) in [5.41, 5.74) is 3.85. The van der Waals surface area contributed by atoms with E-state index in [0.29, 0.717) is 5.41 Å². The van der Waals surface area contributed by atoms with Crippen molar-refractivity contribution in [3.05, 3.63) is 11.1 Å². The minimum absolute atomic E-state index is 0.431. The van der Waals surface area contributed by atoms with E-state index in [9.17, 15) is 0 Å². The average molecular weight is 295 g/mol. The SMILES string of the molecule is CCN(CC)CCN(CC)CCC1=C(C)CCCC1(C)C. The molecule has 1 aliphatic rings. The maximum Gasteiger partial charge on any atom is 0.0109 e. The van der Waals surface area contributed by atoms with E-state index < -0.39 is 0 Å². The van der Waals surface area contributed by atoms with Gasteiger partial charge in [0.15, 0.2) is 0 Å². The lowest BCUT2D eigenvalue weighted by Gasteiger charge is -2.36. The molecule has 0 unspecified atom stereocenters. The maximum absolute atomic E-state index is 2.63. The predicted molar refractivity (Wildman–Crippen MR) is 94.9 cm³/mol. The molecule has 2 nitrogen and oxygen atoms in total. The van der Waals surface area contributed by atoms with Crippen molar-refractivity contribution in [3.8, 4) is 0 Å². The average Bonchev–Trinajstić information content (AvgIpc) is 2.44. The minimum atomic E-state index is 0.431. The Bertz CT molecular complexity index is 326. The molecule has 0 heterocycles. The van der Waals surface area contributed by atoms with Crippen LogP contribution in [0.2, 0.25) is 0 Å². The van der Waals surface area contributed by atoms with Gasteiger partial charge >= 0.3 is 0 Å². The van der Waals surface area contributed by atoms with Gasteiger partial charge in [-0.05, 0) is 57.7 Å². The molecule has 0 radical (unpaired) electrons. The Morgan fingerprint density at radius 1 is 0.905 bits per heavy atom. The lowest BCUT2D eigenvalue weighted by molar-refractivity contribution is 0.217. The van der Waals surface area contributed by atoms with E-state index in [2.05, 4.69) is 51.3 Å². The van der Waals surface area contributed by atoms with Crippen molar-refractivity contribution in [2.24, 2.45) is 5.41 Å². The standard InChI is InChI=1S/C19H38N2/c1-7-20(8-2)15-16-21(9-3)14-12-18-17(4)11-10-13-19(18,5)6/h7-16H2,1-6H3. The molecular weight excluding hydrogens is 256 g/mol. The smallest absolute Gasteiger partial charge is 0.0109 e. The summed E-state index contributed by atoms with van der Waals surface area (Å²) in [6.45, 7) is 21.2. The fourth-order valence-corrected chi connectivity index (χ4v) is 3.75. The van der Waals surface area contributed by atoms with Crippen molar-refractivity contribution < 1.29 is 0 Å². The van der Waals surface area contributed by atoms with Crippen LogP contribution in [0.15, 0.2) is 11.1 Å². The molecule has 1 aliphatic carbocycles. The molecule has 0 aliphatic heterocycles. The zero-order valence-electron chi connectivity index (χ0n) is 15.5. The number of rotatable bonds is 9. The molecule has 0 bridgehead atoms. The Hall–Kier alpha value is -0.340. The number of likely N-dealkylation sites (N-methyl/N-ethyl adjacent to an activating group) is 2. The summed E-state index contributed by atoms with van der Waals surface area (Å²) in [5, 5.41) is 0. The van der Waals surface area contributed by atoms with Crippen LogP contribution in [-0.2, 0) is 0 Å². The summed E-state index contributed by atoms with van der Waals surface area (Å²) >= 11 is 0. The van der Waals surface area contributed by atoms with Crippen LogP contribution in [-0.4, -0.2) is 49.1 Å². The van der Waals surface area contributed by atoms with Crippen LogP contribution in [0.3, 0.4) is 0 Å². The van der Waals surface area contributed by atoms with Crippen LogP contribution >= 0.6 is 0 Å². The van der Waals surface area contributed by atoms with Crippen molar-refractivity contribution in [2.75, 3.05) is 39.3 Å². The lowest BCUT2D eigenvalue weighted by Crippen LogP contribution is -2.36. The van der Waals surface area contributed by atoms with Crippen LogP contribution < -0.4 is 0 Å².